The molecule has 0 spiro atoms. The molecular weight excluding hydrogens is 496 g/mol. The number of amides is 1. The molecule has 1 N–H and O–H groups in total. The standard InChI is InChI=1S/C24H25ClN2O7S/c1-17(28)27(22-5-3-12-26-24(22)34-20-8-6-19(25)7-9-20)16-18-15-21(32-2)10-11-23(18)33-13-4-14-35(29,30)31/h3,5-12,15H,4,13-14,16H2,1-2H3,(H,29,30,31). The van der Waals surface area contributed by atoms with Crippen LogP contribution in [0.25, 0.3) is 0 Å². The highest BCUT2D eigenvalue weighted by atomic mass is 35.5. The van der Waals surface area contributed by atoms with Crippen molar-refractivity contribution in [2.24, 2.45) is 0 Å². The largest absolute Gasteiger partial charge is 0.497 e. The first kappa shape index (κ1) is 26.3. The molecule has 0 bridgehead atoms. The smallest absolute Gasteiger partial charge is 0.264 e. The molecule has 0 atom stereocenters. The number of hydrogen-bond donors (Lipinski definition) is 1. The van der Waals surface area contributed by atoms with E-state index in [2.05, 4.69) is 4.98 Å². The Morgan fingerprint density at radius 2 is 1.83 bits per heavy atom. The lowest BCUT2D eigenvalue weighted by Crippen LogP contribution is -2.28. The van der Waals surface area contributed by atoms with E-state index in [0.29, 0.717) is 33.5 Å². The summed E-state index contributed by atoms with van der Waals surface area (Å²) in [5, 5.41) is 0.561. The molecule has 2 aromatic carbocycles. The minimum Gasteiger partial charge on any atom is -0.497 e. The number of pyridine rings is 1. The van der Waals surface area contributed by atoms with Crippen molar-refractivity contribution in [3.63, 3.8) is 0 Å². The number of ether oxygens (including phenoxy) is 3. The Labute approximate surface area is 209 Å². The fourth-order valence-corrected chi connectivity index (χ4v) is 3.80. The monoisotopic (exact) mass is 520 g/mol. The van der Waals surface area contributed by atoms with Crippen molar-refractivity contribution in [2.45, 2.75) is 19.9 Å². The van der Waals surface area contributed by atoms with Crippen LogP contribution < -0.4 is 19.1 Å². The third kappa shape index (κ3) is 7.84. The second kappa shape index (κ2) is 11.9. The van der Waals surface area contributed by atoms with Crippen LogP contribution in [0.5, 0.6) is 23.1 Å². The van der Waals surface area contributed by atoms with Gasteiger partial charge < -0.3 is 19.1 Å². The normalized spacial score (nSPS) is 11.1. The molecule has 0 aliphatic heterocycles. The number of hydrogen-bond acceptors (Lipinski definition) is 7. The van der Waals surface area contributed by atoms with Crippen LogP contribution in [-0.2, 0) is 21.5 Å². The van der Waals surface area contributed by atoms with Gasteiger partial charge in [-0.3, -0.25) is 9.35 Å². The van der Waals surface area contributed by atoms with Gasteiger partial charge in [0.25, 0.3) is 10.1 Å². The van der Waals surface area contributed by atoms with Crippen molar-refractivity contribution in [3.8, 4) is 23.1 Å². The Hall–Kier alpha value is -3.34. The number of halogens is 1. The molecule has 0 aliphatic carbocycles. The number of aromatic nitrogens is 1. The van der Waals surface area contributed by atoms with Crippen molar-refractivity contribution in [1.29, 1.82) is 0 Å². The molecule has 0 saturated carbocycles. The first-order valence-electron chi connectivity index (χ1n) is 10.6. The van der Waals surface area contributed by atoms with Gasteiger partial charge in [0.1, 0.15) is 22.9 Å². The van der Waals surface area contributed by atoms with Gasteiger partial charge in [-0.1, -0.05) is 11.6 Å². The quantitative estimate of drug-likeness (QED) is 0.284. The molecule has 11 heteroatoms. The molecule has 35 heavy (non-hydrogen) atoms. The van der Waals surface area contributed by atoms with E-state index < -0.39 is 15.9 Å². The zero-order valence-corrected chi connectivity index (χ0v) is 20.8. The van der Waals surface area contributed by atoms with Gasteiger partial charge >= 0.3 is 0 Å². The molecular formula is C24H25ClN2O7S. The SMILES string of the molecule is COc1ccc(OCCCS(=O)(=O)O)c(CN(C(C)=O)c2cccnc2Oc2ccc(Cl)cc2)c1. The zero-order chi connectivity index (χ0) is 25.4. The summed E-state index contributed by atoms with van der Waals surface area (Å²) in [5.41, 5.74) is 1.06. The predicted octanol–water partition coefficient (Wildman–Crippen LogP) is 4.75. The second-order valence-corrected chi connectivity index (χ2v) is 9.46. The minimum atomic E-state index is -4.08. The van der Waals surface area contributed by atoms with E-state index in [1.807, 2.05) is 0 Å². The van der Waals surface area contributed by atoms with Gasteiger partial charge in [0.2, 0.25) is 11.8 Å². The molecule has 3 aromatic rings. The molecule has 0 unspecified atom stereocenters. The zero-order valence-electron chi connectivity index (χ0n) is 19.2. The van der Waals surface area contributed by atoms with Crippen molar-refractivity contribution >= 4 is 33.3 Å². The highest BCUT2D eigenvalue weighted by molar-refractivity contribution is 7.85. The Kier molecular flexibility index (Phi) is 8.91. The summed E-state index contributed by atoms with van der Waals surface area (Å²) < 4.78 is 47.8. The van der Waals surface area contributed by atoms with Crippen LogP contribution >= 0.6 is 11.6 Å². The van der Waals surface area contributed by atoms with Gasteiger partial charge in [0, 0.05) is 23.7 Å². The predicted molar refractivity (Wildman–Crippen MR) is 132 cm³/mol. The van der Waals surface area contributed by atoms with Crippen molar-refractivity contribution in [3.05, 3.63) is 71.4 Å². The van der Waals surface area contributed by atoms with Crippen molar-refractivity contribution in [2.75, 3.05) is 24.4 Å². The number of anilines is 1. The van der Waals surface area contributed by atoms with Gasteiger partial charge in [0.15, 0.2) is 0 Å². The number of nitrogens with zero attached hydrogens (tertiary/aromatic N) is 2. The Bertz CT molecular complexity index is 1270. The molecule has 0 fully saturated rings. The van der Waals surface area contributed by atoms with Gasteiger partial charge in [-0.05, 0) is 61.0 Å². The highest BCUT2D eigenvalue weighted by Gasteiger charge is 2.21. The van der Waals surface area contributed by atoms with Crippen LogP contribution in [0.4, 0.5) is 5.69 Å². The summed E-state index contributed by atoms with van der Waals surface area (Å²) in [6.45, 7) is 1.58. The van der Waals surface area contributed by atoms with Gasteiger partial charge in [-0.2, -0.15) is 8.42 Å². The lowest BCUT2D eigenvalue weighted by molar-refractivity contribution is -0.116. The average Bonchev–Trinajstić information content (AvgIpc) is 2.82. The fraction of sp³-hybridized carbons (Fsp3) is 0.250. The average molecular weight is 521 g/mol. The Morgan fingerprint density at radius 3 is 2.49 bits per heavy atom. The summed E-state index contributed by atoms with van der Waals surface area (Å²) in [4.78, 5) is 18.5. The third-order valence-electron chi connectivity index (χ3n) is 4.85. The lowest BCUT2D eigenvalue weighted by Gasteiger charge is -2.24. The molecule has 3 rings (SSSR count). The summed E-state index contributed by atoms with van der Waals surface area (Å²) in [5.74, 6) is 1.04. The van der Waals surface area contributed by atoms with E-state index in [9.17, 15) is 13.2 Å². The van der Waals surface area contributed by atoms with Crippen LogP contribution in [0, 0.1) is 0 Å². The summed E-state index contributed by atoms with van der Waals surface area (Å²) in [6.07, 6.45) is 1.66. The van der Waals surface area contributed by atoms with Crippen LogP contribution in [-0.4, -0.2) is 43.3 Å². The van der Waals surface area contributed by atoms with E-state index in [1.54, 1.807) is 60.8 Å². The lowest BCUT2D eigenvalue weighted by atomic mass is 10.1. The third-order valence-corrected chi connectivity index (χ3v) is 5.91. The summed E-state index contributed by atoms with van der Waals surface area (Å²) >= 11 is 5.95. The van der Waals surface area contributed by atoms with Crippen molar-refractivity contribution < 1.29 is 32.0 Å². The molecule has 1 amide bonds. The Morgan fingerprint density at radius 1 is 1.11 bits per heavy atom. The van der Waals surface area contributed by atoms with Gasteiger partial charge in [-0.15, -0.1) is 0 Å². The molecule has 1 aromatic heterocycles. The van der Waals surface area contributed by atoms with Crippen molar-refractivity contribution in [1.82, 2.24) is 4.98 Å². The maximum absolute atomic E-state index is 12.7. The number of methoxy groups -OCH3 is 1. The summed E-state index contributed by atoms with van der Waals surface area (Å²) in [6, 6.07) is 15.3. The van der Waals surface area contributed by atoms with E-state index in [-0.39, 0.29) is 31.4 Å². The van der Waals surface area contributed by atoms with E-state index >= 15 is 0 Å². The molecule has 1 heterocycles. The Balaban J connectivity index is 1.88. The second-order valence-electron chi connectivity index (χ2n) is 7.45. The number of carbonyl (C=O) groups excluding carboxylic acids is 1. The first-order valence-corrected chi connectivity index (χ1v) is 12.6. The van der Waals surface area contributed by atoms with E-state index in [1.165, 1.54) is 18.9 Å². The number of carbonyl (C=O) groups is 1. The summed E-state index contributed by atoms with van der Waals surface area (Å²) in [7, 11) is -2.56. The number of benzene rings is 2. The maximum atomic E-state index is 12.7. The van der Waals surface area contributed by atoms with Crippen LogP contribution in [0.15, 0.2) is 60.8 Å². The molecule has 186 valence electrons. The van der Waals surface area contributed by atoms with E-state index in [0.717, 1.165) is 0 Å². The van der Waals surface area contributed by atoms with Crippen LogP contribution in [0.2, 0.25) is 5.02 Å². The van der Waals surface area contributed by atoms with Crippen LogP contribution in [0.1, 0.15) is 18.9 Å². The molecule has 0 saturated heterocycles. The topological polar surface area (TPSA) is 115 Å². The molecule has 0 aliphatic rings. The fourth-order valence-electron chi connectivity index (χ4n) is 3.19. The van der Waals surface area contributed by atoms with E-state index in [4.69, 9.17) is 30.4 Å². The minimum absolute atomic E-state index is 0.0526. The molecule has 0 radical (unpaired) electrons. The molecule has 9 nitrogen and oxygen atoms in total. The van der Waals surface area contributed by atoms with Crippen LogP contribution in [0.3, 0.4) is 0 Å². The highest BCUT2D eigenvalue weighted by Crippen LogP contribution is 2.34. The van der Waals surface area contributed by atoms with Gasteiger partial charge in [-0.25, -0.2) is 4.98 Å². The first-order chi connectivity index (χ1) is 16.7. The maximum Gasteiger partial charge on any atom is 0.264 e. The van der Waals surface area contributed by atoms with Gasteiger partial charge in [0.05, 0.1) is 26.0 Å². The number of rotatable bonds is 11.